The molecule has 1 fully saturated rings. The van der Waals surface area contributed by atoms with E-state index in [1.165, 1.54) is 11.4 Å². The van der Waals surface area contributed by atoms with Crippen molar-refractivity contribution in [3.05, 3.63) is 54.3 Å². The van der Waals surface area contributed by atoms with E-state index in [0.29, 0.717) is 6.04 Å². The maximum atomic E-state index is 12.3. The minimum atomic E-state index is -0.441. The Morgan fingerprint density at radius 3 is 2.42 bits per heavy atom. The number of hydrogen-bond acceptors (Lipinski definition) is 3. The predicted molar refractivity (Wildman–Crippen MR) is 106 cm³/mol. The Labute approximate surface area is 157 Å². The number of benzene rings is 1. The normalized spacial score (nSPS) is 18.4. The number of rotatable bonds is 3. The van der Waals surface area contributed by atoms with Crippen molar-refractivity contribution in [1.29, 1.82) is 0 Å². The third-order valence-electron chi connectivity index (χ3n) is 4.82. The highest BCUT2D eigenvalue weighted by Gasteiger charge is 2.31. The van der Waals surface area contributed by atoms with Crippen molar-refractivity contribution in [2.75, 3.05) is 18.0 Å². The average molecular weight is 354 g/mol. The zero-order chi connectivity index (χ0) is 18.6. The lowest BCUT2D eigenvalue weighted by atomic mass is 9.99. The number of nitrogens with zero attached hydrogens (tertiary/aromatic N) is 2. The molecule has 26 heavy (non-hydrogen) atoms. The summed E-state index contributed by atoms with van der Waals surface area (Å²) in [6.07, 6.45) is 10.5. The van der Waals surface area contributed by atoms with Crippen molar-refractivity contribution in [3.8, 4) is 0 Å². The molecule has 4 heteroatoms. The zero-order valence-electron chi connectivity index (χ0n) is 16.1. The van der Waals surface area contributed by atoms with E-state index in [1.807, 2.05) is 25.7 Å². The van der Waals surface area contributed by atoms with Crippen LogP contribution in [0.4, 0.5) is 10.5 Å². The molecule has 1 aliphatic carbocycles. The summed E-state index contributed by atoms with van der Waals surface area (Å²) in [7, 11) is 0. The van der Waals surface area contributed by atoms with Crippen molar-refractivity contribution in [1.82, 2.24) is 4.90 Å². The topological polar surface area (TPSA) is 32.8 Å². The Kier molecular flexibility index (Phi) is 5.70. The third kappa shape index (κ3) is 4.69. The number of anilines is 1. The first-order chi connectivity index (χ1) is 12.4. The Bertz CT molecular complexity index is 665. The van der Waals surface area contributed by atoms with Gasteiger partial charge in [-0.25, -0.2) is 4.79 Å². The molecule has 0 N–H and O–H groups in total. The first-order valence-corrected chi connectivity index (χ1v) is 9.62. The van der Waals surface area contributed by atoms with Crippen molar-refractivity contribution in [3.63, 3.8) is 0 Å². The van der Waals surface area contributed by atoms with Gasteiger partial charge < -0.3 is 14.5 Å². The second-order valence-corrected chi connectivity index (χ2v) is 8.03. The minimum absolute atomic E-state index is 0.193. The molecule has 1 aromatic rings. The van der Waals surface area contributed by atoms with E-state index in [-0.39, 0.29) is 6.09 Å². The fraction of sp³-hybridized carbons (Fsp3) is 0.500. The van der Waals surface area contributed by atoms with Gasteiger partial charge in [-0.3, -0.25) is 0 Å². The Balaban J connectivity index is 1.71. The van der Waals surface area contributed by atoms with Gasteiger partial charge in [0.05, 0.1) is 0 Å². The van der Waals surface area contributed by atoms with E-state index >= 15 is 0 Å². The number of carbonyl (C=O) groups excluding carboxylic acids is 1. The molecule has 0 aromatic heterocycles. The molecule has 0 saturated carbocycles. The molecule has 2 aliphatic rings. The fourth-order valence-electron chi connectivity index (χ4n) is 3.62. The quantitative estimate of drug-likeness (QED) is 0.755. The lowest BCUT2D eigenvalue weighted by Crippen LogP contribution is -2.48. The number of ether oxygens (including phenoxy) is 1. The van der Waals surface area contributed by atoms with Crippen LogP contribution in [-0.2, 0) is 4.74 Å². The molecule has 1 saturated heterocycles. The molecule has 0 atom stereocenters. The predicted octanol–water partition coefficient (Wildman–Crippen LogP) is 5.13. The molecule has 0 unspecified atom stereocenters. The molecule has 1 heterocycles. The van der Waals surface area contributed by atoms with E-state index < -0.39 is 5.60 Å². The number of hydrogen-bond donors (Lipinski definition) is 0. The van der Waals surface area contributed by atoms with Gasteiger partial charge in [0.1, 0.15) is 5.60 Å². The Morgan fingerprint density at radius 1 is 1.15 bits per heavy atom. The number of carbonyl (C=O) groups is 1. The lowest BCUT2D eigenvalue weighted by Gasteiger charge is -2.41. The zero-order valence-corrected chi connectivity index (χ0v) is 16.1. The van der Waals surface area contributed by atoms with Crippen LogP contribution >= 0.6 is 0 Å². The molecular formula is C22H30N2O2. The summed E-state index contributed by atoms with van der Waals surface area (Å²) in [5.74, 6) is 0. The fourth-order valence-corrected chi connectivity index (χ4v) is 3.62. The van der Waals surface area contributed by atoms with E-state index in [4.69, 9.17) is 4.74 Å². The average Bonchev–Trinajstić information content (AvgIpc) is 2.63. The van der Waals surface area contributed by atoms with Gasteiger partial charge in [0.25, 0.3) is 0 Å². The number of amides is 1. The summed E-state index contributed by atoms with van der Waals surface area (Å²) in [6.45, 7) is 7.23. The SMILES string of the molecule is CC(C)(C)OC(=O)N1CCC(N(C2=CC=CCC2)c2ccccc2)CC1. The molecule has 1 amide bonds. The first-order valence-electron chi connectivity index (χ1n) is 9.62. The molecule has 1 aromatic carbocycles. The van der Waals surface area contributed by atoms with Gasteiger partial charge in [0, 0.05) is 30.5 Å². The van der Waals surface area contributed by atoms with Gasteiger partial charge in [-0.1, -0.05) is 30.4 Å². The number of allylic oxidation sites excluding steroid dienone is 4. The van der Waals surface area contributed by atoms with Crippen LogP contribution in [0.5, 0.6) is 0 Å². The van der Waals surface area contributed by atoms with Crippen LogP contribution in [-0.4, -0.2) is 35.7 Å². The number of para-hydroxylation sites is 1. The summed E-state index contributed by atoms with van der Waals surface area (Å²) < 4.78 is 5.53. The lowest BCUT2D eigenvalue weighted by molar-refractivity contribution is 0.0206. The highest BCUT2D eigenvalue weighted by Crippen LogP contribution is 2.31. The minimum Gasteiger partial charge on any atom is -0.444 e. The molecule has 140 valence electrons. The third-order valence-corrected chi connectivity index (χ3v) is 4.82. The number of piperidine rings is 1. The van der Waals surface area contributed by atoms with Gasteiger partial charge in [0.2, 0.25) is 0 Å². The van der Waals surface area contributed by atoms with Crippen molar-refractivity contribution in [2.45, 2.75) is 58.1 Å². The second kappa shape index (κ2) is 7.98. The summed E-state index contributed by atoms with van der Waals surface area (Å²) in [6, 6.07) is 11.0. The van der Waals surface area contributed by atoms with Crippen LogP contribution in [0, 0.1) is 0 Å². The van der Waals surface area contributed by atoms with E-state index in [9.17, 15) is 4.79 Å². The molecule has 1 aliphatic heterocycles. The largest absolute Gasteiger partial charge is 0.444 e. The molecule has 0 spiro atoms. The monoisotopic (exact) mass is 354 g/mol. The Hall–Kier alpha value is -2.23. The van der Waals surface area contributed by atoms with Crippen LogP contribution in [0.3, 0.4) is 0 Å². The van der Waals surface area contributed by atoms with Crippen molar-refractivity contribution < 1.29 is 9.53 Å². The van der Waals surface area contributed by atoms with Crippen LogP contribution < -0.4 is 4.90 Å². The number of likely N-dealkylation sites (tertiary alicyclic amines) is 1. The smallest absolute Gasteiger partial charge is 0.410 e. The Morgan fingerprint density at radius 2 is 1.85 bits per heavy atom. The van der Waals surface area contributed by atoms with Gasteiger partial charge in [0.15, 0.2) is 0 Å². The first kappa shape index (κ1) is 18.6. The van der Waals surface area contributed by atoms with Crippen molar-refractivity contribution >= 4 is 11.8 Å². The standard InChI is InChI=1S/C22H30N2O2/c1-22(2,3)26-21(25)23-16-14-20(15-17-23)24(18-10-6-4-7-11-18)19-12-8-5-9-13-19/h4-8,10-12,20H,9,13-17H2,1-3H3. The summed E-state index contributed by atoms with van der Waals surface area (Å²) in [4.78, 5) is 16.7. The van der Waals surface area contributed by atoms with Crippen molar-refractivity contribution in [2.24, 2.45) is 0 Å². The van der Waals surface area contributed by atoms with Gasteiger partial charge >= 0.3 is 6.09 Å². The summed E-state index contributed by atoms with van der Waals surface area (Å²) in [5, 5.41) is 0. The van der Waals surface area contributed by atoms with Gasteiger partial charge in [-0.15, -0.1) is 0 Å². The van der Waals surface area contributed by atoms with Gasteiger partial charge in [-0.05, 0) is 64.7 Å². The van der Waals surface area contributed by atoms with Crippen LogP contribution in [0.1, 0.15) is 46.5 Å². The van der Waals surface area contributed by atoms with E-state index in [1.54, 1.807) is 0 Å². The molecule has 0 radical (unpaired) electrons. The van der Waals surface area contributed by atoms with Gasteiger partial charge in [-0.2, -0.15) is 0 Å². The van der Waals surface area contributed by atoms with Crippen LogP contribution in [0.15, 0.2) is 54.3 Å². The molecule has 3 rings (SSSR count). The maximum absolute atomic E-state index is 12.3. The summed E-state index contributed by atoms with van der Waals surface area (Å²) in [5.41, 5.74) is 2.17. The van der Waals surface area contributed by atoms with Crippen LogP contribution in [0.2, 0.25) is 0 Å². The highest BCUT2D eigenvalue weighted by molar-refractivity contribution is 5.68. The maximum Gasteiger partial charge on any atom is 0.410 e. The van der Waals surface area contributed by atoms with Crippen LogP contribution in [0.25, 0.3) is 0 Å². The van der Waals surface area contributed by atoms with E-state index in [2.05, 4.69) is 53.5 Å². The molecule has 4 nitrogen and oxygen atoms in total. The molecule has 0 bridgehead atoms. The summed E-state index contributed by atoms with van der Waals surface area (Å²) >= 11 is 0. The highest BCUT2D eigenvalue weighted by atomic mass is 16.6. The van der Waals surface area contributed by atoms with E-state index in [0.717, 1.165) is 38.8 Å². The second-order valence-electron chi connectivity index (χ2n) is 8.03. The molecular weight excluding hydrogens is 324 g/mol.